The first-order chi connectivity index (χ1) is 8.83. The summed E-state index contributed by atoms with van der Waals surface area (Å²) in [7, 11) is 0. The SMILES string of the molecule is CCCn1cc(C(CC2CCCO2)NCC)cn1. The zero-order valence-electron chi connectivity index (χ0n) is 11.6. The van der Waals surface area contributed by atoms with Crippen LogP contribution in [0.15, 0.2) is 12.4 Å². The molecule has 2 rings (SSSR count). The van der Waals surface area contributed by atoms with Crippen LogP contribution in [0.5, 0.6) is 0 Å². The van der Waals surface area contributed by atoms with E-state index in [1.54, 1.807) is 0 Å². The van der Waals surface area contributed by atoms with Crippen molar-refractivity contribution < 1.29 is 4.74 Å². The van der Waals surface area contributed by atoms with Crippen molar-refractivity contribution in [3.05, 3.63) is 18.0 Å². The molecule has 0 spiro atoms. The minimum Gasteiger partial charge on any atom is -0.378 e. The van der Waals surface area contributed by atoms with Crippen molar-refractivity contribution in [2.75, 3.05) is 13.2 Å². The second kappa shape index (κ2) is 6.90. The Balaban J connectivity index is 1.97. The Labute approximate surface area is 110 Å². The summed E-state index contributed by atoms with van der Waals surface area (Å²) >= 11 is 0. The second-order valence-corrected chi connectivity index (χ2v) is 5.02. The third kappa shape index (κ3) is 3.56. The minimum absolute atomic E-state index is 0.378. The Morgan fingerprint density at radius 3 is 3.11 bits per heavy atom. The molecule has 18 heavy (non-hydrogen) atoms. The van der Waals surface area contributed by atoms with E-state index in [2.05, 4.69) is 30.5 Å². The molecule has 2 heterocycles. The molecule has 1 N–H and O–H groups in total. The smallest absolute Gasteiger partial charge is 0.0594 e. The van der Waals surface area contributed by atoms with Gasteiger partial charge in [0.1, 0.15) is 0 Å². The molecule has 0 bridgehead atoms. The highest BCUT2D eigenvalue weighted by Gasteiger charge is 2.22. The molecule has 2 unspecified atom stereocenters. The van der Waals surface area contributed by atoms with E-state index < -0.39 is 0 Å². The fourth-order valence-electron chi connectivity index (χ4n) is 2.59. The number of rotatable bonds is 7. The average molecular weight is 251 g/mol. The molecule has 0 aromatic carbocycles. The van der Waals surface area contributed by atoms with Gasteiger partial charge in [0.2, 0.25) is 0 Å². The number of nitrogens with zero attached hydrogens (tertiary/aromatic N) is 2. The summed E-state index contributed by atoms with van der Waals surface area (Å²) in [6.07, 6.45) is 9.18. The summed E-state index contributed by atoms with van der Waals surface area (Å²) in [5, 5.41) is 7.97. The summed E-state index contributed by atoms with van der Waals surface area (Å²) in [6.45, 7) is 7.24. The average Bonchev–Trinajstić information content (AvgIpc) is 3.00. The normalized spacial score (nSPS) is 21.3. The van der Waals surface area contributed by atoms with Gasteiger partial charge in [-0.05, 0) is 32.2 Å². The largest absolute Gasteiger partial charge is 0.378 e. The van der Waals surface area contributed by atoms with Gasteiger partial charge in [0.25, 0.3) is 0 Å². The van der Waals surface area contributed by atoms with Gasteiger partial charge in [0, 0.05) is 31.0 Å². The molecule has 0 amide bonds. The van der Waals surface area contributed by atoms with E-state index in [9.17, 15) is 0 Å². The molecule has 0 saturated carbocycles. The lowest BCUT2D eigenvalue weighted by atomic mass is 10.0. The highest BCUT2D eigenvalue weighted by Crippen LogP contribution is 2.24. The molecule has 1 saturated heterocycles. The van der Waals surface area contributed by atoms with E-state index >= 15 is 0 Å². The van der Waals surface area contributed by atoms with Gasteiger partial charge in [-0.1, -0.05) is 13.8 Å². The maximum atomic E-state index is 5.74. The molecule has 0 radical (unpaired) electrons. The number of ether oxygens (including phenoxy) is 1. The predicted molar refractivity (Wildman–Crippen MR) is 72.5 cm³/mol. The Morgan fingerprint density at radius 1 is 1.56 bits per heavy atom. The number of hydrogen-bond acceptors (Lipinski definition) is 3. The first-order valence-corrected chi connectivity index (χ1v) is 7.20. The van der Waals surface area contributed by atoms with Crippen LogP contribution in [0, 0.1) is 0 Å². The standard InChI is InChI=1S/C14H25N3O/c1-3-7-17-11-12(10-16-17)14(15-4-2)9-13-6-5-8-18-13/h10-11,13-15H,3-9H2,1-2H3. The van der Waals surface area contributed by atoms with Crippen LogP contribution in [0.4, 0.5) is 0 Å². The zero-order valence-corrected chi connectivity index (χ0v) is 11.6. The monoisotopic (exact) mass is 251 g/mol. The molecule has 0 aliphatic carbocycles. The first kappa shape index (κ1) is 13.6. The molecule has 4 heteroatoms. The quantitative estimate of drug-likeness (QED) is 0.809. The predicted octanol–water partition coefficient (Wildman–Crippen LogP) is 2.51. The van der Waals surface area contributed by atoms with Crippen LogP contribution < -0.4 is 5.32 Å². The molecular weight excluding hydrogens is 226 g/mol. The van der Waals surface area contributed by atoms with Crippen LogP contribution in [0.3, 0.4) is 0 Å². The lowest BCUT2D eigenvalue weighted by Gasteiger charge is -2.20. The van der Waals surface area contributed by atoms with Crippen molar-refractivity contribution in [2.24, 2.45) is 0 Å². The molecule has 2 atom stereocenters. The van der Waals surface area contributed by atoms with Gasteiger partial charge in [-0.25, -0.2) is 0 Å². The summed E-state index contributed by atoms with van der Waals surface area (Å²) in [5.74, 6) is 0. The number of hydrogen-bond donors (Lipinski definition) is 1. The van der Waals surface area contributed by atoms with Gasteiger partial charge in [0.05, 0.1) is 12.3 Å². The van der Waals surface area contributed by atoms with Crippen molar-refractivity contribution in [3.8, 4) is 0 Å². The summed E-state index contributed by atoms with van der Waals surface area (Å²) in [6, 6.07) is 0.378. The summed E-state index contributed by atoms with van der Waals surface area (Å²) in [5.41, 5.74) is 1.29. The Morgan fingerprint density at radius 2 is 2.44 bits per heavy atom. The Hall–Kier alpha value is -0.870. The van der Waals surface area contributed by atoms with Crippen LogP contribution in [0.25, 0.3) is 0 Å². The van der Waals surface area contributed by atoms with Crippen molar-refractivity contribution >= 4 is 0 Å². The van der Waals surface area contributed by atoms with E-state index in [4.69, 9.17) is 4.74 Å². The van der Waals surface area contributed by atoms with Crippen LogP contribution in [-0.2, 0) is 11.3 Å². The molecular formula is C14H25N3O. The van der Waals surface area contributed by atoms with E-state index in [1.807, 2.05) is 10.9 Å². The zero-order chi connectivity index (χ0) is 12.8. The second-order valence-electron chi connectivity index (χ2n) is 5.02. The van der Waals surface area contributed by atoms with Gasteiger partial charge in [0.15, 0.2) is 0 Å². The summed E-state index contributed by atoms with van der Waals surface area (Å²) in [4.78, 5) is 0. The van der Waals surface area contributed by atoms with Gasteiger partial charge in [-0.2, -0.15) is 5.10 Å². The van der Waals surface area contributed by atoms with E-state index in [-0.39, 0.29) is 0 Å². The van der Waals surface area contributed by atoms with E-state index in [0.29, 0.717) is 12.1 Å². The topological polar surface area (TPSA) is 39.1 Å². The molecule has 1 fully saturated rings. The first-order valence-electron chi connectivity index (χ1n) is 7.20. The fraction of sp³-hybridized carbons (Fsp3) is 0.786. The lowest BCUT2D eigenvalue weighted by Crippen LogP contribution is -2.25. The minimum atomic E-state index is 0.378. The van der Waals surface area contributed by atoms with Crippen molar-refractivity contribution in [1.82, 2.24) is 15.1 Å². The van der Waals surface area contributed by atoms with Gasteiger partial charge in [-0.3, -0.25) is 4.68 Å². The van der Waals surface area contributed by atoms with Crippen LogP contribution in [0.1, 0.15) is 51.1 Å². The highest BCUT2D eigenvalue weighted by molar-refractivity contribution is 5.11. The molecule has 1 aromatic rings. The molecule has 1 aliphatic rings. The fourth-order valence-corrected chi connectivity index (χ4v) is 2.59. The van der Waals surface area contributed by atoms with Crippen molar-refractivity contribution in [1.29, 1.82) is 0 Å². The van der Waals surface area contributed by atoms with Crippen LogP contribution in [-0.4, -0.2) is 29.0 Å². The maximum absolute atomic E-state index is 5.74. The number of aryl methyl sites for hydroxylation is 1. The molecule has 1 aliphatic heterocycles. The van der Waals surface area contributed by atoms with E-state index in [1.165, 1.54) is 18.4 Å². The molecule has 102 valence electrons. The highest BCUT2D eigenvalue weighted by atomic mass is 16.5. The van der Waals surface area contributed by atoms with Gasteiger partial charge < -0.3 is 10.1 Å². The van der Waals surface area contributed by atoms with Crippen LogP contribution in [0.2, 0.25) is 0 Å². The number of nitrogens with one attached hydrogen (secondary N) is 1. The van der Waals surface area contributed by atoms with Gasteiger partial charge >= 0.3 is 0 Å². The maximum Gasteiger partial charge on any atom is 0.0594 e. The van der Waals surface area contributed by atoms with Gasteiger partial charge in [-0.15, -0.1) is 0 Å². The summed E-state index contributed by atoms with van der Waals surface area (Å²) < 4.78 is 7.78. The number of aromatic nitrogens is 2. The molecule has 4 nitrogen and oxygen atoms in total. The third-order valence-corrected chi connectivity index (χ3v) is 3.48. The third-order valence-electron chi connectivity index (χ3n) is 3.48. The lowest BCUT2D eigenvalue weighted by molar-refractivity contribution is 0.0947. The van der Waals surface area contributed by atoms with E-state index in [0.717, 1.165) is 32.5 Å². The van der Waals surface area contributed by atoms with Crippen molar-refractivity contribution in [3.63, 3.8) is 0 Å². The van der Waals surface area contributed by atoms with Crippen molar-refractivity contribution in [2.45, 2.75) is 58.2 Å². The molecule has 1 aromatic heterocycles. The van der Waals surface area contributed by atoms with Crippen LogP contribution >= 0.6 is 0 Å². The Kier molecular flexibility index (Phi) is 5.20. The Bertz CT molecular complexity index is 345.